The first kappa shape index (κ1) is 13.1. The predicted molar refractivity (Wildman–Crippen MR) is 81.7 cm³/mol. The maximum Gasteiger partial charge on any atom is 0.338 e. The Hall–Kier alpha value is -2.88. The smallest absolute Gasteiger partial charge is 0.338 e. The van der Waals surface area contributed by atoms with Gasteiger partial charge in [0.1, 0.15) is 6.61 Å². The highest BCUT2D eigenvalue weighted by molar-refractivity contribution is 5.90. The highest BCUT2D eigenvalue weighted by Gasteiger charge is 2.08. The molecule has 4 nitrogen and oxygen atoms in total. The average molecular weight is 278 g/mol. The van der Waals surface area contributed by atoms with Gasteiger partial charge in [0.25, 0.3) is 0 Å². The first-order valence-corrected chi connectivity index (χ1v) is 6.59. The molecule has 0 spiro atoms. The number of benzene rings is 2. The maximum absolute atomic E-state index is 12.0. The summed E-state index contributed by atoms with van der Waals surface area (Å²) in [6, 6.07) is 16.3. The molecule has 21 heavy (non-hydrogen) atoms. The number of ether oxygens (including phenoxy) is 1. The van der Waals surface area contributed by atoms with Crippen LogP contribution in [0.15, 0.2) is 60.8 Å². The number of aromatic nitrogens is 1. The monoisotopic (exact) mass is 278 g/mol. The average Bonchev–Trinajstić information content (AvgIpc) is 2.53. The van der Waals surface area contributed by atoms with Gasteiger partial charge >= 0.3 is 5.97 Å². The summed E-state index contributed by atoms with van der Waals surface area (Å²) in [6.45, 7) is 0.215. The zero-order chi connectivity index (χ0) is 14.7. The zero-order valence-electron chi connectivity index (χ0n) is 11.3. The Morgan fingerprint density at radius 2 is 1.81 bits per heavy atom. The number of hydrogen-bond acceptors (Lipinski definition) is 4. The molecule has 1 aromatic heterocycles. The van der Waals surface area contributed by atoms with Crippen LogP contribution >= 0.6 is 0 Å². The van der Waals surface area contributed by atoms with E-state index >= 15 is 0 Å². The fourth-order valence-corrected chi connectivity index (χ4v) is 2.13. The highest BCUT2D eigenvalue weighted by atomic mass is 16.5. The molecule has 0 bridgehead atoms. The van der Waals surface area contributed by atoms with Gasteiger partial charge in [0.15, 0.2) is 0 Å². The van der Waals surface area contributed by atoms with Crippen molar-refractivity contribution >= 4 is 22.6 Å². The van der Waals surface area contributed by atoms with Crippen molar-refractivity contribution in [1.82, 2.24) is 4.98 Å². The molecular formula is C17H14N2O2. The Morgan fingerprint density at radius 1 is 1.05 bits per heavy atom. The van der Waals surface area contributed by atoms with Crippen LogP contribution < -0.4 is 5.73 Å². The Labute approximate surface area is 122 Å². The molecule has 4 heteroatoms. The van der Waals surface area contributed by atoms with Crippen molar-refractivity contribution in [3.63, 3.8) is 0 Å². The van der Waals surface area contributed by atoms with Gasteiger partial charge < -0.3 is 10.5 Å². The Balaban J connectivity index is 1.77. The summed E-state index contributed by atoms with van der Waals surface area (Å²) < 4.78 is 5.35. The quantitative estimate of drug-likeness (QED) is 0.590. The molecule has 0 unspecified atom stereocenters. The molecule has 2 N–H and O–H groups in total. The first-order valence-electron chi connectivity index (χ1n) is 6.59. The van der Waals surface area contributed by atoms with E-state index in [4.69, 9.17) is 10.5 Å². The van der Waals surface area contributed by atoms with Crippen molar-refractivity contribution in [2.75, 3.05) is 5.73 Å². The van der Waals surface area contributed by atoms with E-state index in [0.717, 1.165) is 16.5 Å². The summed E-state index contributed by atoms with van der Waals surface area (Å²) in [4.78, 5) is 16.3. The summed E-state index contributed by atoms with van der Waals surface area (Å²) in [5.41, 5.74) is 8.52. The molecule has 104 valence electrons. The van der Waals surface area contributed by atoms with Gasteiger partial charge in [-0.1, -0.05) is 18.2 Å². The molecular weight excluding hydrogens is 264 g/mol. The lowest BCUT2D eigenvalue weighted by Crippen LogP contribution is -2.05. The minimum atomic E-state index is -0.365. The minimum absolute atomic E-state index is 0.215. The number of rotatable bonds is 3. The van der Waals surface area contributed by atoms with Crippen molar-refractivity contribution in [3.05, 3.63) is 71.9 Å². The number of esters is 1. The standard InChI is InChI=1S/C17H14N2O2/c18-14-7-5-12(6-8-14)17(20)21-11-13-9-10-19-16-4-2-1-3-15(13)16/h1-10H,11,18H2. The number of carbonyl (C=O) groups excluding carboxylic acids is 1. The molecule has 0 saturated carbocycles. The summed E-state index contributed by atoms with van der Waals surface area (Å²) in [5.74, 6) is -0.365. The van der Waals surface area contributed by atoms with Crippen LogP contribution in [0, 0.1) is 0 Å². The van der Waals surface area contributed by atoms with Gasteiger partial charge in [-0.15, -0.1) is 0 Å². The molecule has 0 radical (unpaired) electrons. The van der Waals surface area contributed by atoms with Crippen molar-refractivity contribution in [1.29, 1.82) is 0 Å². The van der Waals surface area contributed by atoms with E-state index in [2.05, 4.69) is 4.98 Å². The third-order valence-corrected chi connectivity index (χ3v) is 3.24. The number of anilines is 1. The molecule has 2 aromatic carbocycles. The number of para-hydroxylation sites is 1. The van der Waals surface area contributed by atoms with E-state index < -0.39 is 0 Å². The lowest BCUT2D eigenvalue weighted by atomic mass is 10.1. The highest BCUT2D eigenvalue weighted by Crippen LogP contribution is 2.17. The lowest BCUT2D eigenvalue weighted by Gasteiger charge is -2.07. The number of nitrogens with two attached hydrogens (primary N) is 1. The second-order valence-corrected chi connectivity index (χ2v) is 4.69. The molecule has 3 aromatic rings. The van der Waals surface area contributed by atoms with Crippen LogP contribution in [-0.4, -0.2) is 11.0 Å². The lowest BCUT2D eigenvalue weighted by molar-refractivity contribution is 0.0474. The molecule has 0 amide bonds. The van der Waals surface area contributed by atoms with Gasteiger partial charge in [-0.3, -0.25) is 4.98 Å². The number of pyridine rings is 1. The number of fused-ring (bicyclic) bond motifs is 1. The Bertz CT molecular complexity index is 777. The normalized spacial score (nSPS) is 10.5. The molecule has 1 heterocycles. The van der Waals surface area contributed by atoms with E-state index in [9.17, 15) is 4.79 Å². The summed E-state index contributed by atoms with van der Waals surface area (Å²) in [7, 11) is 0. The maximum atomic E-state index is 12.0. The summed E-state index contributed by atoms with van der Waals surface area (Å²) in [5, 5.41) is 0.991. The summed E-state index contributed by atoms with van der Waals surface area (Å²) in [6.07, 6.45) is 1.72. The fourth-order valence-electron chi connectivity index (χ4n) is 2.13. The molecule has 0 aliphatic heterocycles. The largest absolute Gasteiger partial charge is 0.457 e. The van der Waals surface area contributed by atoms with Crippen molar-refractivity contribution in [2.45, 2.75) is 6.61 Å². The van der Waals surface area contributed by atoms with Gasteiger partial charge in [0, 0.05) is 22.8 Å². The van der Waals surface area contributed by atoms with E-state index in [1.165, 1.54) is 0 Å². The molecule has 0 saturated heterocycles. The molecule has 0 fully saturated rings. The molecule has 0 aliphatic carbocycles. The van der Waals surface area contributed by atoms with Gasteiger partial charge in [-0.2, -0.15) is 0 Å². The summed E-state index contributed by atoms with van der Waals surface area (Å²) >= 11 is 0. The van der Waals surface area contributed by atoms with Gasteiger partial charge in [0.05, 0.1) is 11.1 Å². The van der Waals surface area contributed by atoms with Crippen molar-refractivity contribution < 1.29 is 9.53 Å². The van der Waals surface area contributed by atoms with Crippen molar-refractivity contribution in [3.8, 4) is 0 Å². The van der Waals surface area contributed by atoms with Crippen LogP contribution in [-0.2, 0) is 11.3 Å². The van der Waals surface area contributed by atoms with Crippen molar-refractivity contribution in [2.24, 2.45) is 0 Å². The zero-order valence-corrected chi connectivity index (χ0v) is 11.3. The predicted octanol–water partition coefficient (Wildman–Crippen LogP) is 3.17. The fraction of sp³-hybridized carbons (Fsp3) is 0.0588. The SMILES string of the molecule is Nc1ccc(C(=O)OCc2ccnc3ccccc23)cc1. The van der Waals surface area contributed by atoms with Crippen LogP contribution in [0.4, 0.5) is 5.69 Å². The van der Waals surface area contributed by atoms with Gasteiger partial charge in [-0.05, 0) is 36.4 Å². The number of carbonyl (C=O) groups is 1. The van der Waals surface area contributed by atoms with Gasteiger partial charge in [0.2, 0.25) is 0 Å². The van der Waals surface area contributed by atoms with E-state index in [-0.39, 0.29) is 12.6 Å². The number of hydrogen-bond donors (Lipinski definition) is 1. The van der Waals surface area contributed by atoms with Crippen LogP contribution in [0.1, 0.15) is 15.9 Å². The third-order valence-electron chi connectivity index (χ3n) is 3.24. The Kier molecular flexibility index (Phi) is 3.51. The van der Waals surface area contributed by atoms with E-state index in [1.807, 2.05) is 30.3 Å². The third kappa shape index (κ3) is 2.84. The second-order valence-electron chi connectivity index (χ2n) is 4.69. The molecule has 0 atom stereocenters. The first-order chi connectivity index (χ1) is 10.2. The molecule has 3 rings (SSSR count). The van der Waals surface area contributed by atoms with E-state index in [1.54, 1.807) is 30.5 Å². The molecule has 0 aliphatic rings. The van der Waals surface area contributed by atoms with Crippen LogP contribution in [0.5, 0.6) is 0 Å². The second kappa shape index (κ2) is 5.63. The Morgan fingerprint density at radius 3 is 2.62 bits per heavy atom. The number of nitrogens with zero attached hydrogens (tertiary/aromatic N) is 1. The van der Waals surface area contributed by atoms with Crippen LogP contribution in [0.2, 0.25) is 0 Å². The number of nitrogen functional groups attached to an aromatic ring is 1. The van der Waals surface area contributed by atoms with E-state index in [0.29, 0.717) is 11.3 Å². The van der Waals surface area contributed by atoms with Crippen LogP contribution in [0.25, 0.3) is 10.9 Å². The van der Waals surface area contributed by atoms with Gasteiger partial charge in [-0.25, -0.2) is 4.79 Å². The topological polar surface area (TPSA) is 65.2 Å². The van der Waals surface area contributed by atoms with Crippen LogP contribution in [0.3, 0.4) is 0 Å². The minimum Gasteiger partial charge on any atom is -0.457 e.